The fraction of sp³-hybridized carbons (Fsp3) is 0.133. The Hall–Kier alpha value is -2.09. The summed E-state index contributed by atoms with van der Waals surface area (Å²) in [5, 5.41) is 3.94. The topological polar surface area (TPSA) is 21.6 Å². The lowest BCUT2D eigenvalue weighted by atomic mass is 10.2. The van der Waals surface area contributed by atoms with Crippen LogP contribution in [0.25, 0.3) is 0 Å². The predicted octanol–water partition coefficient (Wildman–Crippen LogP) is 3.43. The van der Waals surface area contributed by atoms with Crippen LogP contribution in [0.5, 0.6) is 0 Å². The summed E-state index contributed by atoms with van der Waals surface area (Å²) >= 11 is 0. The van der Waals surface area contributed by atoms with Crippen molar-refractivity contribution in [3.05, 3.63) is 71.8 Å². The normalized spacial score (nSPS) is 10.6. The lowest BCUT2D eigenvalue weighted by molar-refractivity contribution is 0.131. The molecule has 2 nitrogen and oxygen atoms in total. The highest BCUT2D eigenvalue weighted by Crippen LogP contribution is 2.01. The molecule has 0 bridgehead atoms. The van der Waals surface area contributed by atoms with Gasteiger partial charge >= 0.3 is 0 Å². The number of oxime groups is 1. The summed E-state index contributed by atoms with van der Waals surface area (Å²) in [5.74, 6) is 0. The Morgan fingerprint density at radius 2 is 1.41 bits per heavy atom. The molecule has 0 aliphatic carbocycles. The maximum absolute atomic E-state index is 5.21. The van der Waals surface area contributed by atoms with Gasteiger partial charge in [0.25, 0.3) is 0 Å². The lowest BCUT2D eigenvalue weighted by Gasteiger charge is -1.98. The third kappa shape index (κ3) is 4.11. The predicted molar refractivity (Wildman–Crippen MR) is 69.9 cm³/mol. The summed E-state index contributed by atoms with van der Waals surface area (Å²) in [5.41, 5.74) is 2.36. The summed E-state index contributed by atoms with van der Waals surface area (Å²) in [6.07, 6.45) is 2.59. The molecule has 0 atom stereocenters. The highest BCUT2D eigenvalue weighted by atomic mass is 16.6. The van der Waals surface area contributed by atoms with Gasteiger partial charge in [-0.05, 0) is 11.1 Å². The molecule has 2 aromatic rings. The molecule has 0 aliphatic rings. The fourth-order valence-corrected chi connectivity index (χ4v) is 1.50. The number of benzene rings is 2. The minimum atomic E-state index is 0.520. The first kappa shape index (κ1) is 11.4. The van der Waals surface area contributed by atoms with Crippen molar-refractivity contribution in [2.45, 2.75) is 13.0 Å². The summed E-state index contributed by atoms with van der Waals surface area (Å²) in [6.45, 7) is 0.520. The fourth-order valence-electron chi connectivity index (χ4n) is 1.50. The molecule has 0 spiro atoms. The van der Waals surface area contributed by atoms with E-state index in [1.165, 1.54) is 5.56 Å². The van der Waals surface area contributed by atoms with E-state index >= 15 is 0 Å². The van der Waals surface area contributed by atoms with Crippen LogP contribution in [0.3, 0.4) is 0 Å². The molecular weight excluding hydrogens is 210 g/mol. The molecule has 0 aliphatic heterocycles. The molecule has 2 heteroatoms. The monoisotopic (exact) mass is 225 g/mol. The van der Waals surface area contributed by atoms with Crippen LogP contribution in [-0.4, -0.2) is 6.21 Å². The van der Waals surface area contributed by atoms with Crippen LogP contribution in [0.1, 0.15) is 11.1 Å². The summed E-state index contributed by atoms with van der Waals surface area (Å²) in [6, 6.07) is 20.2. The largest absolute Gasteiger partial charge is 0.391 e. The maximum atomic E-state index is 5.21. The zero-order valence-electron chi connectivity index (χ0n) is 9.62. The molecule has 17 heavy (non-hydrogen) atoms. The van der Waals surface area contributed by atoms with Crippen molar-refractivity contribution < 1.29 is 4.84 Å². The van der Waals surface area contributed by atoms with Crippen molar-refractivity contribution in [3.63, 3.8) is 0 Å². The van der Waals surface area contributed by atoms with Crippen LogP contribution >= 0.6 is 0 Å². The molecule has 0 aromatic heterocycles. The van der Waals surface area contributed by atoms with Crippen molar-refractivity contribution >= 4 is 6.21 Å². The third-order valence-electron chi connectivity index (χ3n) is 2.39. The van der Waals surface area contributed by atoms with E-state index in [2.05, 4.69) is 17.3 Å². The average molecular weight is 225 g/mol. The molecule has 2 aromatic carbocycles. The van der Waals surface area contributed by atoms with Crippen LogP contribution in [0.4, 0.5) is 0 Å². The smallest absolute Gasteiger partial charge is 0.142 e. The Morgan fingerprint density at radius 3 is 2.06 bits per heavy atom. The van der Waals surface area contributed by atoms with Gasteiger partial charge in [-0.25, -0.2) is 0 Å². The van der Waals surface area contributed by atoms with E-state index in [1.807, 2.05) is 48.5 Å². The van der Waals surface area contributed by atoms with Crippen LogP contribution in [0.2, 0.25) is 0 Å². The molecule has 0 heterocycles. The Labute approximate surface area is 102 Å². The van der Waals surface area contributed by atoms with E-state index in [9.17, 15) is 0 Å². The van der Waals surface area contributed by atoms with Crippen molar-refractivity contribution in [2.75, 3.05) is 0 Å². The third-order valence-corrected chi connectivity index (χ3v) is 2.39. The van der Waals surface area contributed by atoms with Gasteiger partial charge in [0.15, 0.2) is 0 Å². The zero-order chi connectivity index (χ0) is 11.8. The second-order valence-corrected chi connectivity index (χ2v) is 3.74. The maximum Gasteiger partial charge on any atom is 0.142 e. The van der Waals surface area contributed by atoms with Gasteiger partial charge in [0.05, 0.1) is 0 Å². The molecule has 0 unspecified atom stereocenters. The summed E-state index contributed by atoms with van der Waals surface area (Å²) < 4.78 is 0. The van der Waals surface area contributed by atoms with Crippen LogP contribution in [0.15, 0.2) is 65.8 Å². The minimum Gasteiger partial charge on any atom is -0.391 e. The first-order valence-corrected chi connectivity index (χ1v) is 5.67. The van der Waals surface area contributed by atoms with Crippen molar-refractivity contribution in [1.29, 1.82) is 0 Å². The second kappa shape index (κ2) is 6.48. The lowest BCUT2D eigenvalue weighted by Crippen LogP contribution is -1.89. The zero-order valence-corrected chi connectivity index (χ0v) is 9.62. The SMILES string of the molecule is C(/Cc1ccccc1)=N\OCc1ccccc1. The first-order valence-electron chi connectivity index (χ1n) is 5.67. The summed E-state index contributed by atoms with van der Waals surface area (Å²) in [4.78, 5) is 5.21. The Balaban J connectivity index is 1.72. The second-order valence-electron chi connectivity index (χ2n) is 3.74. The first-order chi connectivity index (χ1) is 8.45. The van der Waals surface area contributed by atoms with Crippen molar-refractivity contribution in [2.24, 2.45) is 5.16 Å². The van der Waals surface area contributed by atoms with Gasteiger partial charge in [0.1, 0.15) is 6.61 Å². The highest BCUT2D eigenvalue weighted by molar-refractivity contribution is 5.60. The Bertz CT molecular complexity index is 451. The number of hydrogen-bond acceptors (Lipinski definition) is 2. The van der Waals surface area contributed by atoms with E-state index in [0.717, 1.165) is 12.0 Å². The van der Waals surface area contributed by atoms with Gasteiger partial charge in [-0.3, -0.25) is 0 Å². The minimum absolute atomic E-state index is 0.520. The van der Waals surface area contributed by atoms with Crippen molar-refractivity contribution in [3.8, 4) is 0 Å². The van der Waals surface area contributed by atoms with Gasteiger partial charge in [-0.2, -0.15) is 0 Å². The standard InChI is InChI=1S/C15H15NO/c1-3-7-14(8-4-1)11-12-16-17-13-15-9-5-2-6-10-15/h1-10,12H,11,13H2/b16-12+. The molecule has 86 valence electrons. The number of rotatable bonds is 5. The molecule has 0 N–H and O–H groups in total. The van der Waals surface area contributed by atoms with Crippen LogP contribution in [-0.2, 0) is 17.9 Å². The van der Waals surface area contributed by atoms with Gasteiger partial charge in [0.2, 0.25) is 0 Å². The van der Waals surface area contributed by atoms with E-state index in [-0.39, 0.29) is 0 Å². The molecule has 0 saturated heterocycles. The van der Waals surface area contributed by atoms with Gasteiger partial charge < -0.3 is 4.84 Å². The average Bonchev–Trinajstić information content (AvgIpc) is 2.41. The Morgan fingerprint density at radius 1 is 0.824 bits per heavy atom. The quantitative estimate of drug-likeness (QED) is 0.564. The molecule has 2 rings (SSSR count). The molecule has 0 amide bonds. The number of nitrogens with zero attached hydrogens (tertiary/aromatic N) is 1. The molecular formula is C15H15NO. The van der Waals surface area contributed by atoms with E-state index in [0.29, 0.717) is 6.61 Å². The van der Waals surface area contributed by atoms with E-state index < -0.39 is 0 Å². The highest BCUT2D eigenvalue weighted by Gasteiger charge is 1.89. The van der Waals surface area contributed by atoms with Crippen molar-refractivity contribution in [1.82, 2.24) is 0 Å². The van der Waals surface area contributed by atoms with Crippen LogP contribution < -0.4 is 0 Å². The van der Waals surface area contributed by atoms with Gasteiger partial charge in [-0.1, -0.05) is 65.8 Å². The summed E-state index contributed by atoms with van der Waals surface area (Å²) in [7, 11) is 0. The van der Waals surface area contributed by atoms with E-state index in [4.69, 9.17) is 4.84 Å². The van der Waals surface area contributed by atoms with Gasteiger partial charge in [0, 0.05) is 12.6 Å². The Kier molecular flexibility index (Phi) is 4.35. The molecule has 0 fully saturated rings. The van der Waals surface area contributed by atoms with Crippen LogP contribution in [0, 0.1) is 0 Å². The molecule has 0 saturated carbocycles. The number of hydrogen-bond donors (Lipinski definition) is 0. The molecule has 0 radical (unpaired) electrons. The van der Waals surface area contributed by atoms with E-state index in [1.54, 1.807) is 6.21 Å². The van der Waals surface area contributed by atoms with Gasteiger partial charge in [-0.15, -0.1) is 0 Å².